The van der Waals surface area contributed by atoms with Gasteiger partial charge in [-0.3, -0.25) is 0 Å². The molecule has 2 atom stereocenters. The van der Waals surface area contributed by atoms with Gasteiger partial charge in [-0.05, 0) is 12.3 Å². The number of ether oxygens (including phenoxy) is 1. The topological polar surface area (TPSA) is 47.3 Å². The maximum atomic E-state index is 5.69. The summed E-state index contributed by atoms with van der Waals surface area (Å²) in [5.74, 6) is 2.14. The standard InChI is InChI=1S/C12H20N2O2/c1-8(2)13-7-11-14-6-10(16-11)12-9(3)4-5-15-12/h6,8-9,12-13H,4-5,7H2,1-3H3. The van der Waals surface area contributed by atoms with Gasteiger partial charge in [0.2, 0.25) is 5.89 Å². The minimum absolute atomic E-state index is 0.0975. The van der Waals surface area contributed by atoms with Crippen LogP contribution >= 0.6 is 0 Å². The molecule has 2 unspecified atom stereocenters. The molecule has 0 amide bonds. The van der Waals surface area contributed by atoms with Crippen LogP contribution in [0.1, 0.15) is 44.9 Å². The summed E-state index contributed by atoms with van der Waals surface area (Å²) in [6, 6.07) is 0.442. The van der Waals surface area contributed by atoms with E-state index in [9.17, 15) is 0 Å². The van der Waals surface area contributed by atoms with Crippen LogP contribution in [0, 0.1) is 5.92 Å². The summed E-state index contributed by atoms with van der Waals surface area (Å²) in [6.45, 7) is 7.90. The summed E-state index contributed by atoms with van der Waals surface area (Å²) in [4.78, 5) is 4.26. The van der Waals surface area contributed by atoms with Crippen molar-refractivity contribution < 1.29 is 9.15 Å². The fourth-order valence-corrected chi connectivity index (χ4v) is 1.89. The summed E-state index contributed by atoms with van der Waals surface area (Å²) in [6.07, 6.45) is 3.00. The molecule has 1 aliphatic rings. The first-order valence-corrected chi connectivity index (χ1v) is 5.96. The first kappa shape index (κ1) is 11.6. The molecule has 4 nitrogen and oxygen atoms in total. The molecule has 1 N–H and O–H groups in total. The smallest absolute Gasteiger partial charge is 0.208 e. The Bertz CT molecular complexity index is 336. The van der Waals surface area contributed by atoms with E-state index in [4.69, 9.17) is 9.15 Å². The number of aromatic nitrogens is 1. The Morgan fingerprint density at radius 1 is 1.56 bits per heavy atom. The molecule has 1 aliphatic heterocycles. The Kier molecular flexibility index (Phi) is 3.61. The predicted molar refractivity (Wildman–Crippen MR) is 61.0 cm³/mol. The zero-order chi connectivity index (χ0) is 11.5. The predicted octanol–water partition coefficient (Wildman–Crippen LogP) is 2.27. The van der Waals surface area contributed by atoms with Crippen molar-refractivity contribution in [3.05, 3.63) is 17.8 Å². The van der Waals surface area contributed by atoms with Crippen molar-refractivity contribution in [3.63, 3.8) is 0 Å². The van der Waals surface area contributed by atoms with Crippen LogP contribution < -0.4 is 5.32 Å². The van der Waals surface area contributed by atoms with Crippen LogP contribution in [-0.2, 0) is 11.3 Å². The van der Waals surface area contributed by atoms with E-state index in [0.29, 0.717) is 18.5 Å². The van der Waals surface area contributed by atoms with Gasteiger partial charge in [-0.15, -0.1) is 0 Å². The summed E-state index contributed by atoms with van der Waals surface area (Å²) >= 11 is 0. The Balaban J connectivity index is 1.96. The van der Waals surface area contributed by atoms with Crippen molar-refractivity contribution >= 4 is 0 Å². The van der Waals surface area contributed by atoms with Crippen LogP contribution in [0.2, 0.25) is 0 Å². The van der Waals surface area contributed by atoms with Crippen molar-refractivity contribution in [1.29, 1.82) is 0 Å². The van der Waals surface area contributed by atoms with Gasteiger partial charge in [0.1, 0.15) is 6.10 Å². The van der Waals surface area contributed by atoms with Gasteiger partial charge in [0, 0.05) is 12.6 Å². The number of oxazole rings is 1. The molecule has 0 aromatic carbocycles. The van der Waals surface area contributed by atoms with Crippen molar-refractivity contribution in [2.75, 3.05) is 6.61 Å². The quantitative estimate of drug-likeness (QED) is 0.852. The maximum absolute atomic E-state index is 5.69. The van der Waals surface area contributed by atoms with Gasteiger partial charge in [-0.25, -0.2) is 4.98 Å². The second kappa shape index (κ2) is 4.97. The van der Waals surface area contributed by atoms with E-state index in [1.165, 1.54) is 0 Å². The normalized spacial score (nSPS) is 25.5. The van der Waals surface area contributed by atoms with E-state index in [1.807, 2.05) is 0 Å². The van der Waals surface area contributed by atoms with Crippen molar-refractivity contribution in [2.24, 2.45) is 5.92 Å². The number of hydrogen-bond acceptors (Lipinski definition) is 4. The van der Waals surface area contributed by atoms with E-state index >= 15 is 0 Å². The van der Waals surface area contributed by atoms with Crippen LogP contribution in [-0.4, -0.2) is 17.6 Å². The van der Waals surface area contributed by atoms with Gasteiger partial charge in [0.05, 0.1) is 12.7 Å². The molecule has 2 heterocycles. The summed E-state index contributed by atoms with van der Waals surface area (Å²) in [5, 5.41) is 3.28. The number of nitrogens with one attached hydrogen (secondary N) is 1. The molecule has 0 saturated carbocycles. The molecule has 4 heteroatoms. The third-order valence-corrected chi connectivity index (χ3v) is 2.90. The fourth-order valence-electron chi connectivity index (χ4n) is 1.89. The molecule has 0 spiro atoms. The summed E-state index contributed by atoms with van der Waals surface area (Å²) < 4.78 is 11.3. The molecule has 0 radical (unpaired) electrons. The lowest BCUT2D eigenvalue weighted by atomic mass is 10.0. The lowest BCUT2D eigenvalue weighted by Crippen LogP contribution is -2.21. The highest BCUT2D eigenvalue weighted by atomic mass is 16.5. The SMILES string of the molecule is CC(C)NCc1ncc(C2OCCC2C)o1. The number of rotatable bonds is 4. The molecule has 90 valence electrons. The van der Waals surface area contributed by atoms with Gasteiger partial charge < -0.3 is 14.5 Å². The summed E-state index contributed by atoms with van der Waals surface area (Å²) in [5.41, 5.74) is 0. The number of nitrogens with zero attached hydrogens (tertiary/aromatic N) is 1. The second-order valence-corrected chi connectivity index (χ2v) is 4.75. The lowest BCUT2D eigenvalue weighted by molar-refractivity contribution is 0.0748. The van der Waals surface area contributed by atoms with Gasteiger partial charge in [0.25, 0.3) is 0 Å². The number of hydrogen-bond donors (Lipinski definition) is 1. The van der Waals surface area contributed by atoms with E-state index in [-0.39, 0.29) is 6.10 Å². The van der Waals surface area contributed by atoms with E-state index in [2.05, 4.69) is 31.1 Å². The third-order valence-electron chi connectivity index (χ3n) is 2.90. The monoisotopic (exact) mass is 224 g/mol. The van der Waals surface area contributed by atoms with Gasteiger partial charge in [-0.2, -0.15) is 0 Å². The molecular weight excluding hydrogens is 204 g/mol. The van der Waals surface area contributed by atoms with Crippen molar-refractivity contribution in [1.82, 2.24) is 10.3 Å². The van der Waals surface area contributed by atoms with Crippen LogP contribution in [0.15, 0.2) is 10.6 Å². The van der Waals surface area contributed by atoms with Crippen LogP contribution in [0.5, 0.6) is 0 Å². The Morgan fingerprint density at radius 3 is 3.00 bits per heavy atom. The van der Waals surface area contributed by atoms with Gasteiger partial charge in [0.15, 0.2) is 5.76 Å². The molecule has 1 aromatic rings. The second-order valence-electron chi connectivity index (χ2n) is 4.75. The lowest BCUT2D eigenvalue weighted by Gasteiger charge is -2.10. The molecule has 1 aromatic heterocycles. The Labute approximate surface area is 96.4 Å². The zero-order valence-electron chi connectivity index (χ0n) is 10.2. The average Bonchev–Trinajstić information content (AvgIpc) is 2.83. The van der Waals surface area contributed by atoms with E-state index < -0.39 is 0 Å². The molecular formula is C12H20N2O2. The fraction of sp³-hybridized carbons (Fsp3) is 0.750. The van der Waals surface area contributed by atoms with E-state index in [1.54, 1.807) is 6.20 Å². The summed E-state index contributed by atoms with van der Waals surface area (Å²) in [7, 11) is 0. The minimum Gasteiger partial charge on any atom is -0.442 e. The van der Waals surface area contributed by atoms with Gasteiger partial charge >= 0.3 is 0 Å². The third kappa shape index (κ3) is 2.62. The first-order chi connectivity index (χ1) is 7.66. The van der Waals surface area contributed by atoms with E-state index in [0.717, 1.165) is 24.7 Å². The molecule has 1 saturated heterocycles. The highest BCUT2D eigenvalue weighted by molar-refractivity contribution is 5.01. The maximum Gasteiger partial charge on any atom is 0.208 e. The minimum atomic E-state index is 0.0975. The molecule has 16 heavy (non-hydrogen) atoms. The molecule has 2 rings (SSSR count). The largest absolute Gasteiger partial charge is 0.442 e. The van der Waals surface area contributed by atoms with Crippen molar-refractivity contribution in [2.45, 2.75) is 45.9 Å². The van der Waals surface area contributed by atoms with Crippen molar-refractivity contribution in [3.8, 4) is 0 Å². The average molecular weight is 224 g/mol. The Hall–Kier alpha value is -0.870. The first-order valence-electron chi connectivity index (χ1n) is 5.96. The molecule has 1 fully saturated rings. The highest BCUT2D eigenvalue weighted by Crippen LogP contribution is 2.34. The van der Waals surface area contributed by atoms with Crippen LogP contribution in [0.4, 0.5) is 0 Å². The highest BCUT2D eigenvalue weighted by Gasteiger charge is 2.28. The Morgan fingerprint density at radius 2 is 2.38 bits per heavy atom. The van der Waals surface area contributed by atoms with Crippen LogP contribution in [0.3, 0.4) is 0 Å². The zero-order valence-corrected chi connectivity index (χ0v) is 10.2. The van der Waals surface area contributed by atoms with Crippen LogP contribution in [0.25, 0.3) is 0 Å². The molecule has 0 bridgehead atoms. The van der Waals surface area contributed by atoms with Gasteiger partial charge in [-0.1, -0.05) is 20.8 Å². The molecule has 0 aliphatic carbocycles.